The van der Waals surface area contributed by atoms with E-state index in [4.69, 9.17) is 10.5 Å². The lowest BCUT2D eigenvalue weighted by Crippen LogP contribution is -2.14. The van der Waals surface area contributed by atoms with Gasteiger partial charge in [0.2, 0.25) is 0 Å². The van der Waals surface area contributed by atoms with E-state index in [-0.39, 0.29) is 0 Å². The standard InChI is InChI=1S/C10H17N3O/c1-7(5-11)4-9-10(14-3)6-12-8(2)13-9/h6-7H,4-5,11H2,1-3H3. The molecule has 1 aromatic heterocycles. The fourth-order valence-electron chi connectivity index (χ4n) is 1.24. The summed E-state index contributed by atoms with van der Waals surface area (Å²) in [7, 11) is 1.63. The summed E-state index contributed by atoms with van der Waals surface area (Å²) in [6, 6.07) is 0. The van der Waals surface area contributed by atoms with Gasteiger partial charge < -0.3 is 10.5 Å². The summed E-state index contributed by atoms with van der Waals surface area (Å²) < 4.78 is 5.18. The Bertz CT molecular complexity index is 301. The number of hydrogen-bond acceptors (Lipinski definition) is 4. The molecule has 0 saturated carbocycles. The molecule has 1 rings (SSSR count). The lowest BCUT2D eigenvalue weighted by molar-refractivity contribution is 0.399. The van der Waals surface area contributed by atoms with Crippen molar-refractivity contribution in [3.63, 3.8) is 0 Å². The van der Waals surface area contributed by atoms with Crippen LogP contribution in [0.4, 0.5) is 0 Å². The summed E-state index contributed by atoms with van der Waals surface area (Å²) in [5, 5.41) is 0. The lowest BCUT2D eigenvalue weighted by atomic mass is 10.1. The van der Waals surface area contributed by atoms with Crippen LogP contribution in [0.25, 0.3) is 0 Å². The van der Waals surface area contributed by atoms with Crippen molar-refractivity contribution in [3.8, 4) is 5.75 Å². The van der Waals surface area contributed by atoms with Crippen LogP contribution in [-0.2, 0) is 6.42 Å². The molecule has 78 valence electrons. The average Bonchev–Trinajstić information content (AvgIpc) is 2.18. The van der Waals surface area contributed by atoms with Gasteiger partial charge in [0.05, 0.1) is 19.0 Å². The van der Waals surface area contributed by atoms with Gasteiger partial charge in [-0.3, -0.25) is 0 Å². The average molecular weight is 195 g/mol. The fourth-order valence-corrected chi connectivity index (χ4v) is 1.24. The monoisotopic (exact) mass is 195 g/mol. The highest BCUT2D eigenvalue weighted by atomic mass is 16.5. The Hall–Kier alpha value is -1.16. The Balaban J connectivity index is 2.87. The number of ether oxygens (including phenoxy) is 1. The second-order valence-electron chi connectivity index (χ2n) is 3.48. The Morgan fingerprint density at radius 2 is 2.29 bits per heavy atom. The van der Waals surface area contributed by atoms with Crippen molar-refractivity contribution < 1.29 is 4.74 Å². The van der Waals surface area contributed by atoms with Crippen molar-refractivity contribution in [2.45, 2.75) is 20.3 Å². The van der Waals surface area contributed by atoms with Crippen LogP contribution in [0.15, 0.2) is 6.20 Å². The first kappa shape index (κ1) is 10.9. The quantitative estimate of drug-likeness (QED) is 0.776. The lowest BCUT2D eigenvalue weighted by Gasteiger charge is -2.11. The van der Waals surface area contributed by atoms with Crippen molar-refractivity contribution in [2.24, 2.45) is 11.7 Å². The van der Waals surface area contributed by atoms with Gasteiger partial charge in [-0.2, -0.15) is 0 Å². The number of aromatic nitrogens is 2. The largest absolute Gasteiger partial charge is 0.493 e. The maximum atomic E-state index is 5.57. The van der Waals surface area contributed by atoms with Crippen LogP contribution in [0.2, 0.25) is 0 Å². The summed E-state index contributed by atoms with van der Waals surface area (Å²) in [6.07, 6.45) is 2.55. The highest BCUT2D eigenvalue weighted by molar-refractivity contribution is 5.24. The molecule has 4 heteroatoms. The number of aryl methyl sites for hydroxylation is 1. The van der Waals surface area contributed by atoms with Crippen LogP contribution in [-0.4, -0.2) is 23.6 Å². The molecule has 14 heavy (non-hydrogen) atoms. The van der Waals surface area contributed by atoms with E-state index in [2.05, 4.69) is 16.9 Å². The Kier molecular flexibility index (Phi) is 3.83. The third-order valence-corrected chi connectivity index (χ3v) is 2.11. The number of hydrogen-bond donors (Lipinski definition) is 1. The van der Waals surface area contributed by atoms with E-state index < -0.39 is 0 Å². The minimum absolute atomic E-state index is 0.415. The highest BCUT2D eigenvalue weighted by Gasteiger charge is 2.09. The second kappa shape index (κ2) is 4.91. The normalized spacial score (nSPS) is 12.6. The molecule has 0 fully saturated rings. The van der Waals surface area contributed by atoms with Crippen molar-refractivity contribution in [2.75, 3.05) is 13.7 Å². The number of rotatable bonds is 4. The molecule has 0 bridgehead atoms. The van der Waals surface area contributed by atoms with Crippen molar-refractivity contribution >= 4 is 0 Å². The first-order valence-electron chi connectivity index (χ1n) is 4.74. The molecule has 0 amide bonds. The van der Waals surface area contributed by atoms with E-state index in [1.807, 2.05) is 6.92 Å². The fraction of sp³-hybridized carbons (Fsp3) is 0.600. The van der Waals surface area contributed by atoms with Crippen molar-refractivity contribution in [1.29, 1.82) is 0 Å². The maximum Gasteiger partial charge on any atom is 0.158 e. The third-order valence-electron chi connectivity index (χ3n) is 2.11. The molecular formula is C10H17N3O. The smallest absolute Gasteiger partial charge is 0.158 e. The van der Waals surface area contributed by atoms with E-state index in [9.17, 15) is 0 Å². The van der Waals surface area contributed by atoms with Crippen LogP contribution in [0, 0.1) is 12.8 Å². The van der Waals surface area contributed by atoms with Gasteiger partial charge in [-0.15, -0.1) is 0 Å². The molecule has 0 aliphatic heterocycles. The van der Waals surface area contributed by atoms with E-state index >= 15 is 0 Å². The molecule has 0 spiro atoms. The molecule has 1 atom stereocenters. The van der Waals surface area contributed by atoms with Gasteiger partial charge in [-0.1, -0.05) is 6.92 Å². The SMILES string of the molecule is COc1cnc(C)nc1CC(C)CN. The molecule has 0 aliphatic carbocycles. The van der Waals surface area contributed by atoms with Gasteiger partial charge in [0.25, 0.3) is 0 Å². The highest BCUT2D eigenvalue weighted by Crippen LogP contribution is 2.17. The molecule has 4 nitrogen and oxygen atoms in total. The van der Waals surface area contributed by atoms with Crippen LogP contribution < -0.4 is 10.5 Å². The molecule has 1 aromatic rings. The topological polar surface area (TPSA) is 61.0 Å². The third kappa shape index (κ3) is 2.67. The summed E-state index contributed by atoms with van der Waals surface area (Å²) in [6.45, 7) is 4.62. The Morgan fingerprint density at radius 3 is 2.86 bits per heavy atom. The molecule has 0 saturated heterocycles. The number of methoxy groups -OCH3 is 1. The molecular weight excluding hydrogens is 178 g/mol. The molecule has 1 heterocycles. The summed E-state index contributed by atoms with van der Waals surface area (Å²) >= 11 is 0. The van der Waals surface area contributed by atoms with Crippen molar-refractivity contribution in [1.82, 2.24) is 9.97 Å². The van der Waals surface area contributed by atoms with Gasteiger partial charge in [0.1, 0.15) is 5.82 Å². The minimum atomic E-state index is 0.415. The van der Waals surface area contributed by atoms with Crippen LogP contribution in [0.1, 0.15) is 18.4 Å². The zero-order valence-corrected chi connectivity index (χ0v) is 8.95. The van der Waals surface area contributed by atoms with Crippen molar-refractivity contribution in [3.05, 3.63) is 17.7 Å². The van der Waals surface area contributed by atoms with Gasteiger partial charge in [-0.05, 0) is 25.8 Å². The van der Waals surface area contributed by atoms with Crippen LogP contribution in [0.3, 0.4) is 0 Å². The Labute approximate surface area is 84.5 Å². The minimum Gasteiger partial charge on any atom is -0.493 e. The summed E-state index contributed by atoms with van der Waals surface area (Å²) in [5.41, 5.74) is 6.51. The summed E-state index contributed by atoms with van der Waals surface area (Å²) in [5.74, 6) is 1.93. The molecule has 0 aliphatic rings. The van der Waals surface area contributed by atoms with E-state index in [0.717, 1.165) is 23.7 Å². The van der Waals surface area contributed by atoms with Gasteiger partial charge in [0, 0.05) is 0 Å². The van der Waals surface area contributed by atoms with Crippen LogP contribution >= 0.6 is 0 Å². The predicted molar refractivity (Wildman–Crippen MR) is 55.2 cm³/mol. The molecule has 0 aromatic carbocycles. The Morgan fingerprint density at radius 1 is 1.57 bits per heavy atom. The van der Waals surface area contributed by atoms with Gasteiger partial charge in [-0.25, -0.2) is 9.97 Å². The van der Waals surface area contributed by atoms with Gasteiger partial charge >= 0.3 is 0 Å². The maximum absolute atomic E-state index is 5.57. The molecule has 0 radical (unpaired) electrons. The first-order chi connectivity index (χ1) is 6.67. The molecule has 2 N–H and O–H groups in total. The summed E-state index contributed by atoms with van der Waals surface area (Å²) in [4.78, 5) is 8.42. The zero-order valence-electron chi connectivity index (χ0n) is 8.95. The van der Waals surface area contributed by atoms with Crippen LogP contribution in [0.5, 0.6) is 5.75 Å². The number of nitrogens with zero attached hydrogens (tertiary/aromatic N) is 2. The molecule has 1 unspecified atom stereocenters. The number of nitrogens with two attached hydrogens (primary N) is 1. The predicted octanol–water partition coefficient (Wildman–Crippen LogP) is 0.931. The zero-order chi connectivity index (χ0) is 10.6. The van der Waals surface area contributed by atoms with E-state index in [0.29, 0.717) is 12.5 Å². The van der Waals surface area contributed by atoms with E-state index in [1.54, 1.807) is 13.3 Å². The first-order valence-corrected chi connectivity index (χ1v) is 4.74. The van der Waals surface area contributed by atoms with E-state index in [1.165, 1.54) is 0 Å². The second-order valence-corrected chi connectivity index (χ2v) is 3.48. The van der Waals surface area contributed by atoms with Gasteiger partial charge in [0.15, 0.2) is 5.75 Å².